The van der Waals surface area contributed by atoms with Gasteiger partial charge in [0.25, 0.3) is 0 Å². The van der Waals surface area contributed by atoms with E-state index in [1.54, 1.807) is 0 Å². The summed E-state index contributed by atoms with van der Waals surface area (Å²) in [6, 6.07) is 0.400. The molecule has 82 valence electrons. The monoisotopic (exact) mass is 229 g/mol. The van der Waals surface area contributed by atoms with Crippen LogP contribution in [0.1, 0.15) is 6.42 Å². The maximum absolute atomic E-state index is 5.79. The highest BCUT2D eigenvalue weighted by Gasteiger charge is 2.22. The Morgan fingerprint density at radius 1 is 1.47 bits per heavy atom. The van der Waals surface area contributed by atoms with E-state index in [2.05, 4.69) is 15.0 Å². The molecule has 15 heavy (non-hydrogen) atoms. The highest BCUT2D eigenvalue weighted by molar-refractivity contribution is 6.28. The van der Waals surface area contributed by atoms with Gasteiger partial charge in [-0.2, -0.15) is 15.0 Å². The fraction of sp³-hybridized carbons (Fsp3) is 0.625. The second-order valence-electron chi connectivity index (χ2n) is 3.39. The minimum Gasteiger partial charge on any atom is -0.467 e. The Balaban J connectivity index is 2.24. The molecule has 0 amide bonds. The topological polar surface area (TPSA) is 77.2 Å². The molecule has 0 spiro atoms. The molecule has 0 aliphatic carbocycles. The molecule has 6 nitrogen and oxygen atoms in total. The van der Waals surface area contributed by atoms with E-state index in [0.29, 0.717) is 5.95 Å². The van der Waals surface area contributed by atoms with Crippen molar-refractivity contribution in [3.8, 4) is 6.01 Å². The van der Waals surface area contributed by atoms with Crippen LogP contribution >= 0.6 is 11.6 Å². The molecule has 1 aromatic rings. The second-order valence-corrected chi connectivity index (χ2v) is 3.72. The summed E-state index contributed by atoms with van der Waals surface area (Å²) in [6.45, 7) is 1.58. The number of ether oxygens (including phenoxy) is 1. The molecule has 1 aliphatic rings. The van der Waals surface area contributed by atoms with Crippen molar-refractivity contribution in [2.45, 2.75) is 12.5 Å². The molecular formula is C8H12ClN5O. The summed E-state index contributed by atoms with van der Waals surface area (Å²) in [5.41, 5.74) is 5.79. The smallest absolute Gasteiger partial charge is 0.322 e. The van der Waals surface area contributed by atoms with Crippen molar-refractivity contribution >= 4 is 17.5 Å². The van der Waals surface area contributed by atoms with Gasteiger partial charge in [-0.1, -0.05) is 0 Å². The van der Waals surface area contributed by atoms with Crippen LogP contribution in [-0.4, -0.2) is 41.2 Å². The van der Waals surface area contributed by atoms with Gasteiger partial charge in [0.2, 0.25) is 11.2 Å². The first-order chi connectivity index (χ1) is 7.19. The number of anilines is 1. The molecular weight excluding hydrogens is 218 g/mol. The number of hydrogen-bond donors (Lipinski definition) is 1. The molecule has 0 radical (unpaired) electrons. The van der Waals surface area contributed by atoms with Crippen LogP contribution in [0.4, 0.5) is 5.95 Å². The fourth-order valence-electron chi connectivity index (χ4n) is 1.52. The van der Waals surface area contributed by atoms with E-state index < -0.39 is 0 Å². The summed E-state index contributed by atoms with van der Waals surface area (Å²) < 4.78 is 4.92. The lowest BCUT2D eigenvalue weighted by atomic mass is 10.3. The summed E-state index contributed by atoms with van der Waals surface area (Å²) >= 11 is 5.74. The molecule has 1 aliphatic heterocycles. The fourth-order valence-corrected chi connectivity index (χ4v) is 1.67. The molecule has 1 atom stereocenters. The Labute approximate surface area is 92.4 Å². The van der Waals surface area contributed by atoms with Crippen molar-refractivity contribution in [2.24, 2.45) is 5.73 Å². The van der Waals surface area contributed by atoms with Gasteiger partial charge in [-0.15, -0.1) is 0 Å². The Bertz CT molecular complexity index is 361. The number of rotatable bonds is 2. The molecule has 1 aromatic heterocycles. The third-order valence-electron chi connectivity index (χ3n) is 2.27. The predicted octanol–water partition coefficient (Wildman–Crippen LogP) is 0.0710. The lowest BCUT2D eigenvalue weighted by molar-refractivity contribution is 0.378. The van der Waals surface area contributed by atoms with Gasteiger partial charge in [-0.05, 0) is 18.0 Å². The lowest BCUT2D eigenvalue weighted by Crippen LogP contribution is -2.27. The van der Waals surface area contributed by atoms with E-state index in [-0.39, 0.29) is 17.3 Å². The van der Waals surface area contributed by atoms with Crippen molar-refractivity contribution in [2.75, 3.05) is 25.1 Å². The first-order valence-electron chi connectivity index (χ1n) is 4.65. The second kappa shape index (κ2) is 4.16. The van der Waals surface area contributed by atoms with Crippen LogP contribution in [0.3, 0.4) is 0 Å². The van der Waals surface area contributed by atoms with E-state index in [9.17, 15) is 0 Å². The van der Waals surface area contributed by atoms with Gasteiger partial charge < -0.3 is 15.4 Å². The van der Waals surface area contributed by atoms with Gasteiger partial charge in [0.05, 0.1) is 7.11 Å². The van der Waals surface area contributed by atoms with E-state index in [1.807, 2.05) is 4.90 Å². The number of halogens is 1. The van der Waals surface area contributed by atoms with E-state index in [1.165, 1.54) is 7.11 Å². The predicted molar refractivity (Wildman–Crippen MR) is 56.2 cm³/mol. The van der Waals surface area contributed by atoms with Crippen LogP contribution in [0.5, 0.6) is 6.01 Å². The first kappa shape index (κ1) is 10.4. The molecule has 2 heterocycles. The average molecular weight is 230 g/mol. The quantitative estimate of drug-likeness (QED) is 0.774. The van der Waals surface area contributed by atoms with Gasteiger partial charge >= 0.3 is 6.01 Å². The minimum absolute atomic E-state index is 0.136. The van der Waals surface area contributed by atoms with Crippen molar-refractivity contribution in [1.29, 1.82) is 0 Å². The highest BCUT2D eigenvalue weighted by Crippen LogP contribution is 2.18. The highest BCUT2D eigenvalue weighted by atomic mass is 35.5. The molecule has 7 heteroatoms. The molecule has 1 unspecified atom stereocenters. The number of hydrogen-bond acceptors (Lipinski definition) is 6. The zero-order valence-corrected chi connectivity index (χ0v) is 9.11. The van der Waals surface area contributed by atoms with Gasteiger partial charge in [0.1, 0.15) is 0 Å². The third kappa shape index (κ3) is 2.27. The number of nitrogens with zero attached hydrogens (tertiary/aromatic N) is 4. The zero-order chi connectivity index (χ0) is 10.8. The number of nitrogens with two attached hydrogens (primary N) is 1. The van der Waals surface area contributed by atoms with E-state index in [0.717, 1.165) is 19.5 Å². The summed E-state index contributed by atoms with van der Waals surface area (Å²) in [6.07, 6.45) is 0.936. The lowest BCUT2D eigenvalue weighted by Gasteiger charge is -2.15. The molecule has 2 N–H and O–H groups in total. The van der Waals surface area contributed by atoms with Gasteiger partial charge in [0.15, 0.2) is 0 Å². The Kier molecular flexibility index (Phi) is 2.88. The summed E-state index contributed by atoms with van der Waals surface area (Å²) in [5.74, 6) is 0.528. The molecule has 1 saturated heterocycles. The van der Waals surface area contributed by atoms with Crippen LogP contribution in [0.25, 0.3) is 0 Å². The molecule has 1 fully saturated rings. The standard InChI is InChI=1S/C8H12ClN5O/c1-15-8-12-6(9)11-7(13-8)14-3-2-5(10)4-14/h5H,2-4,10H2,1H3. The van der Waals surface area contributed by atoms with E-state index >= 15 is 0 Å². The van der Waals surface area contributed by atoms with Crippen molar-refractivity contribution in [3.63, 3.8) is 0 Å². The van der Waals surface area contributed by atoms with Crippen LogP contribution < -0.4 is 15.4 Å². The molecule has 0 aromatic carbocycles. The zero-order valence-electron chi connectivity index (χ0n) is 8.35. The molecule has 0 saturated carbocycles. The SMILES string of the molecule is COc1nc(Cl)nc(N2CCC(N)C2)n1. The molecule has 0 bridgehead atoms. The van der Waals surface area contributed by atoms with Gasteiger partial charge in [0, 0.05) is 19.1 Å². The van der Waals surface area contributed by atoms with Crippen LogP contribution in [0.2, 0.25) is 5.28 Å². The number of methoxy groups -OCH3 is 1. The maximum Gasteiger partial charge on any atom is 0.322 e. The Hall–Kier alpha value is -1.14. The van der Waals surface area contributed by atoms with Gasteiger partial charge in [-0.25, -0.2) is 0 Å². The van der Waals surface area contributed by atoms with Crippen LogP contribution in [-0.2, 0) is 0 Å². The maximum atomic E-state index is 5.79. The average Bonchev–Trinajstić information content (AvgIpc) is 2.64. The van der Waals surface area contributed by atoms with Crippen molar-refractivity contribution < 1.29 is 4.74 Å². The number of aromatic nitrogens is 3. The third-order valence-corrected chi connectivity index (χ3v) is 2.43. The summed E-state index contributed by atoms with van der Waals surface area (Å²) in [7, 11) is 1.49. The summed E-state index contributed by atoms with van der Waals surface area (Å²) in [4.78, 5) is 13.9. The minimum atomic E-state index is 0.136. The van der Waals surface area contributed by atoms with Crippen molar-refractivity contribution in [1.82, 2.24) is 15.0 Å². The molecule has 2 rings (SSSR count). The summed E-state index contributed by atoms with van der Waals surface area (Å²) in [5, 5.41) is 0.136. The van der Waals surface area contributed by atoms with Crippen LogP contribution in [0, 0.1) is 0 Å². The normalized spacial score (nSPS) is 20.7. The Morgan fingerprint density at radius 3 is 2.87 bits per heavy atom. The van der Waals surface area contributed by atoms with Crippen LogP contribution in [0.15, 0.2) is 0 Å². The van der Waals surface area contributed by atoms with Gasteiger partial charge in [-0.3, -0.25) is 0 Å². The van der Waals surface area contributed by atoms with Crippen molar-refractivity contribution in [3.05, 3.63) is 5.28 Å². The first-order valence-corrected chi connectivity index (χ1v) is 5.03. The van der Waals surface area contributed by atoms with E-state index in [4.69, 9.17) is 22.1 Å². The largest absolute Gasteiger partial charge is 0.467 e. The Morgan fingerprint density at radius 2 is 2.27 bits per heavy atom.